The fraction of sp³-hybridized carbons (Fsp3) is 0.857. The standard InChI is InChI=1S/C22H42O4.C20H36O4/c1-3-5-7-9-11-15-19-25-21(23)17-13-14-18-22(24)26-20-16-12-10-8-6-4-2;1-17(2)11-7-5-9-15-23-19(21)13-14-20(22)24-16-10-6-8-12-18(3)4/h3-20H2,1-2H3;13-14,17-18H,5-12,15-16H2,1-4H3/b;14-13+. The van der Waals surface area contributed by atoms with Crippen molar-refractivity contribution in [2.45, 2.75) is 196 Å². The largest absolute Gasteiger partial charge is 0.466 e. The van der Waals surface area contributed by atoms with Gasteiger partial charge in [-0.15, -0.1) is 0 Å². The van der Waals surface area contributed by atoms with E-state index in [4.69, 9.17) is 18.9 Å². The van der Waals surface area contributed by atoms with Gasteiger partial charge >= 0.3 is 23.9 Å². The molecule has 0 aromatic heterocycles. The maximum Gasteiger partial charge on any atom is 0.331 e. The van der Waals surface area contributed by atoms with Crippen LogP contribution in [-0.2, 0) is 38.1 Å². The van der Waals surface area contributed by atoms with Gasteiger partial charge in [0.25, 0.3) is 0 Å². The van der Waals surface area contributed by atoms with Crippen LogP contribution >= 0.6 is 0 Å². The first-order valence-corrected chi connectivity index (χ1v) is 20.4. The van der Waals surface area contributed by atoms with E-state index in [0.29, 0.717) is 52.1 Å². The summed E-state index contributed by atoms with van der Waals surface area (Å²) in [4.78, 5) is 46.1. The Morgan fingerprint density at radius 1 is 0.400 bits per heavy atom. The first-order chi connectivity index (χ1) is 24.1. The average molecular weight is 711 g/mol. The van der Waals surface area contributed by atoms with Gasteiger partial charge in [0.05, 0.1) is 26.4 Å². The van der Waals surface area contributed by atoms with E-state index in [0.717, 1.165) is 88.2 Å². The number of unbranched alkanes of at least 4 members (excludes halogenated alkanes) is 15. The van der Waals surface area contributed by atoms with Crippen molar-refractivity contribution in [2.24, 2.45) is 11.8 Å². The smallest absolute Gasteiger partial charge is 0.331 e. The summed E-state index contributed by atoms with van der Waals surface area (Å²) in [5.74, 6) is 0.201. The molecule has 8 nitrogen and oxygen atoms in total. The minimum atomic E-state index is -0.479. The van der Waals surface area contributed by atoms with Gasteiger partial charge in [-0.05, 0) is 50.4 Å². The highest BCUT2D eigenvalue weighted by molar-refractivity contribution is 5.91. The van der Waals surface area contributed by atoms with Crippen LogP contribution in [0.25, 0.3) is 0 Å². The molecule has 50 heavy (non-hydrogen) atoms. The second-order valence-electron chi connectivity index (χ2n) is 14.3. The molecule has 0 aromatic carbocycles. The Labute approximate surface area is 307 Å². The van der Waals surface area contributed by atoms with Gasteiger partial charge in [0.1, 0.15) is 0 Å². The monoisotopic (exact) mass is 711 g/mol. The summed E-state index contributed by atoms with van der Waals surface area (Å²) in [7, 11) is 0. The highest BCUT2D eigenvalue weighted by atomic mass is 16.5. The van der Waals surface area contributed by atoms with E-state index in [1.807, 2.05) is 0 Å². The van der Waals surface area contributed by atoms with Gasteiger partial charge in [0.2, 0.25) is 0 Å². The number of hydrogen-bond donors (Lipinski definition) is 0. The molecule has 0 spiro atoms. The summed E-state index contributed by atoms with van der Waals surface area (Å²) >= 11 is 0. The normalized spacial score (nSPS) is 11.0. The summed E-state index contributed by atoms with van der Waals surface area (Å²) in [6.45, 7) is 15.1. The van der Waals surface area contributed by atoms with Gasteiger partial charge in [0, 0.05) is 25.0 Å². The van der Waals surface area contributed by atoms with Crippen molar-refractivity contribution in [1.29, 1.82) is 0 Å². The predicted octanol–water partition coefficient (Wildman–Crippen LogP) is 11.4. The van der Waals surface area contributed by atoms with Crippen LogP contribution in [0.4, 0.5) is 0 Å². The molecule has 0 saturated heterocycles. The van der Waals surface area contributed by atoms with Gasteiger partial charge in [-0.3, -0.25) is 9.59 Å². The number of hydrogen-bond acceptors (Lipinski definition) is 8. The molecular weight excluding hydrogens is 632 g/mol. The minimum absolute atomic E-state index is 0.140. The summed E-state index contributed by atoms with van der Waals surface area (Å²) in [5, 5.41) is 0. The topological polar surface area (TPSA) is 105 Å². The third-order valence-corrected chi connectivity index (χ3v) is 8.23. The number of ether oxygens (including phenoxy) is 4. The molecule has 294 valence electrons. The van der Waals surface area contributed by atoms with Gasteiger partial charge in [-0.1, -0.05) is 144 Å². The Morgan fingerprint density at radius 2 is 0.700 bits per heavy atom. The van der Waals surface area contributed by atoms with E-state index in [2.05, 4.69) is 41.5 Å². The molecule has 0 heterocycles. The highest BCUT2D eigenvalue weighted by Gasteiger charge is 2.07. The van der Waals surface area contributed by atoms with Gasteiger partial charge in [-0.25, -0.2) is 9.59 Å². The molecule has 0 N–H and O–H groups in total. The molecule has 0 aliphatic carbocycles. The van der Waals surface area contributed by atoms with Crippen molar-refractivity contribution < 1.29 is 38.1 Å². The molecule has 0 fully saturated rings. The van der Waals surface area contributed by atoms with Crippen LogP contribution in [0.5, 0.6) is 0 Å². The van der Waals surface area contributed by atoms with Crippen molar-refractivity contribution in [1.82, 2.24) is 0 Å². The molecule has 0 radical (unpaired) electrons. The van der Waals surface area contributed by atoms with E-state index in [-0.39, 0.29) is 11.9 Å². The van der Waals surface area contributed by atoms with Crippen LogP contribution in [0.15, 0.2) is 12.2 Å². The van der Waals surface area contributed by atoms with Crippen LogP contribution in [0.2, 0.25) is 0 Å². The maximum absolute atomic E-state index is 11.6. The zero-order chi connectivity index (χ0) is 37.5. The van der Waals surface area contributed by atoms with E-state index in [1.54, 1.807) is 0 Å². The Kier molecular flexibility index (Phi) is 39.2. The molecule has 0 saturated carbocycles. The maximum atomic E-state index is 11.6. The van der Waals surface area contributed by atoms with Crippen molar-refractivity contribution in [3.05, 3.63) is 12.2 Å². The van der Waals surface area contributed by atoms with Crippen molar-refractivity contribution in [2.75, 3.05) is 26.4 Å². The first kappa shape index (κ1) is 49.7. The second kappa shape index (κ2) is 39.4. The molecule has 0 aromatic rings. The molecule has 0 amide bonds. The quantitative estimate of drug-likeness (QED) is 0.0287. The van der Waals surface area contributed by atoms with Crippen molar-refractivity contribution in [3.8, 4) is 0 Å². The summed E-state index contributed by atoms with van der Waals surface area (Å²) in [6, 6.07) is 0. The predicted molar refractivity (Wildman–Crippen MR) is 205 cm³/mol. The highest BCUT2D eigenvalue weighted by Crippen LogP contribution is 2.10. The molecule has 0 atom stereocenters. The third kappa shape index (κ3) is 43.6. The molecule has 0 rings (SSSR count). The summed E-state index contributed by atoms with van der Waals surface area (Å²) < 4.78 is 20.5. The number of carbonyl (C=O) groups is 4. The van der Waals surface area contributed by atoms with E-state index in [9.17, 15) is 19.2 Å². The Hall–Kier alpha value is -2.38. The molecule has 8 heteroatoms. The van der Waals surface area contributed by atoms with Gasteiger partial charge in [-0.2, -0.15) is 0 Å². The lowest BCUT2D eigenvalue weighted by molar-refractivity contribution is -0.146. The first-order valence-electron chi connectivity index (χ1n) is 20.4. The fourth-order valence-corrected chi connectivity index (χ4v) is 5.06. The second-order valence-corrected chi connectivity index (χ2v) is 14.3. The Balaban J connectivity index is 0. The lowest BCUT2D eigenvalue weighted by Crippen LogP contribution is -2.08. The fourth-order valence-electron chi connectivity index (χ4n) is 5.06. The Bertz CT molecular complexity index is 755. The lowest BCUT2D eigenvalue weighted by atomic mass is 10.1. The minimum Gasteiger partial charge on any atom is -0.466 e. The molecule has 0 aliphatic rings. The van der Waals surface area contributed by atoms with Crippen LogP contribution in [0, 0.1) is 11.8 Å². The zero-order valence-corrected chi connectivity index (χ0v) is 33.4. The Morgan fingerprint density at radius 3 is 1.04 bits per heavy atom. The molecule has 0 bridgehead atoms. The molecule has 0 unspecified atom stereocenters. The van der Waals surface area contributed by atoms with Crippen molar-refractivity contribution >= 4 is 23.9 Å². The van der Waals surface area contributed by atoms with Crippen LogP contribution in [0.3, 0.4) is 0 Å². The SMILES string of the molecule is CC(C)CCCCCOC(=O)/C=C/C(=O)OCCCCCC(C)C.CCCCCCCCOC(=O)CCCCC(=O)OCCCCCCCC. The number of esters is 4. The van der Waals surface area contributed by atoms with Crippen LogP contribution in [-0.4, -0.2) is 50.3 Å². The van der Waals surface area contributed by atoms with Gasteiger partial charge < -0.3 is 18.9 Å². The number of rotatable bonds is 33. The summed E-state index contributed by atoms with van der Waals surface area (Å²) in [5.41, 5.74) is 0. The molecule has 0 aliphatic heterocycles. The average Bonchev–Trinajstić information content (AvgIpc) is 3.08. The van der Waals surface area contributed by atoms with E-state index in [1.165, 1.54) is 64.2 Å². The van der Waals surface area contributed by atoms with E-state index >= 15 is 0 Å². The number of carbonyl (C=O) groups excluding carboxylic acids is 4. The zero-order valence-electron chi connectivity index (χ0n) is 33.4. The lowest BCUT2D eigenvalue weighted by Gasteiger charge is -2.06. The van der Waals surface area contributed by atoms with Gasteiger partial charge in [0.15, 0.2) is 0 Å². The van der Waals surface area contributed by atoms with Crippen LogP contribution in [0.1, 0.15) is 196 Å². The third-order valence-electron chi connectivity index (χ3n) is 8.23. The van der Waals surface area contributed by atoms with Crippen LogP contribution < -0.4 is 0 Å². The summed E-state index contributed by atoms with van der Waals surface area (Å²) in [6.07, 6.45) is 27.4. The van der Waals surface area contributed by atoms with Crippen molar-refractivity contribution in [3.63, 3.8) is 0 Å². The molecular formula is C42H78O8. The van der Waals surface area contributed by atoms with E-state index < -0.39 is 11.9 Å².